The van der Waals surface area contributed by atoms with Crippen LogP contribution in [-0.2, 0) is 19.1 Å². The summed E-state index contributed by atoms with van der Waals surface area (Å²) in [6.07, 6.45) is 0. The first-order valence-corrected chi connectivity index (χ1v) is 9.96. The lowest BCUT2D eigenvalue weighted by Gasteiger charge is -2.32. The van der Waals surface area contributed by atoms with Gasteiger partial charge in [-0.25, -0.2) is 9.59 Å². The van der Waals surface area contributed by atoms with Crippen molar-refractivity contribution in [1.82, 2.24) is 0 Å². The Hall–Kier alpha value is 0.820. The van der Waals surface area contributed by atoms with E-state index in [2.05, 4.69) is 84.5 Å². The highest BCUT2D eigenvalue weighted by atomic mass is 79.9. The third-order valence-corrected chi connectivity index (χ3v) is 4.21. The number of carbonyl (C=O) groups excluding carboxylic acids is 2. The molecule has 0 saturated heterocycles. The van der Waals surface area contributed by atoms with Crippen LogP contribution in [0.4, 0.5) is 0 Å². The number of carbonyl (C=O) groups is 2. The quantitative estimate of drug-likeness (QED) is 0.364. The van der Waals surface area contributed by atoms with Gasteiger partial charge >= 0.3 is 11.9 Å². The molecule has 1 N–H and O–H groups in total. The third-order valence-electron chi connectivity index (χ3n) is 2.71. The summed E-state index contributed by atoms with van der Waals surface area (Å²) >= 11 is 12.3. The Kier molecular flexibility index (Phi) is 11.0. The van der Waals surface area contributed by atoms with Crippen molar-refractivity contribution in [2.75, 3.05) is 26.3 Å². The van der Waals surface area contributed by atoms with Crippen molar-refractivity contribution < 1.29 is 24.0 Å². The van der Waals surface area contributed by atoms with Gasteiger partial charge < -0.3 is 14.4 Å². The summed E-state index contributed by atoms with van der Waals surface area (Å²) in [6.45, 7) is 8.17. The number of alkyl halides is 4. The van der Waals surface area contributed by atoms with Crippen molar-refractivity contribution in [2.24, 2.45) is 0 Å². The summed E-state index contributed by atoms with van der Waals surface area (Å²) in [6, 6.07) is 0. The maximum absolute atomic E-state index is 11.3. The van der Waals surface area contributed by atoms with Crippen LogP contribution in [0.15, 0.2) is 0 Å². The van der Waals surface area contributed by atoms with E-state index in [4.69, 9.17) is 9.47 Å². The minimum Gasteiger partial charge on any atom is -0.458 e. The fraction of sp³-hybridized carbons (Fsp3) is 0.833. The topological polar surface area (TPSA) is 57.0 Å². The van der Waals surface area contributed by atoms with Crippen LogP contribution in [-0.4, -0.2) is 51.3 Å². The molecule has 0 aliphatic carbocycles. The van der Waals surface area contributed by atoms with E-state index in [1.807, 2.05) is 0 Å². The Morgan fingerprint density at radius 1 is 0.905 bits per heavy atom. The molecule has 0 unspecified atom stereocenters. The molecule has 0 heterocycles. The Labute approximate surface area is 159 Å². The van der Waals surface area contributed by atoms with E-state index in [-0.39, 0.29) is 17.5 Å². The van der Waals surface area contributed by atoms with Crippen molar-refractivity contribution in [1.29, 1.82) is 0 Å². The minimum absolute atomic E-state index is 0.0385. The van der Waals surface area contributed by atoms with Gasteiger partial charge in [0.15, 0.2) is 7.47 Å². The molecular weight excluding hydrogens is 542 g/mol. The van der Waals surface area contributed by atoms with E-state index in [9.17, 15) is 9.59 Å². The van der Waals surface area contributed by atoms with Crippen LogP contribution in [0.2, 0.25) is 0 Å². The lowest BCUT2D eigenvalue weighted by molar-refractivity contribution is -0.946. The zero-order chi connectivity index (χ0) is 16.6. The predicted molar refractivity (Wildman–Crippen MR) is 95.7 cm³/mol. The van der Waals surface area contributed by atoms with Crippen LogP contribution in [0, 0.1) is 0 Å². The molecular formula is C12H20Br4NO4+. The zero-order valence-electron chi connectivity index (χ0n) is 12.1. The third kappa shape index (κ3) is 10.3. The van der Waals surface area contributed by atoms with Crippen molar-refractivity contribution >= 4 is 75.7 Å². The second-order valence-corrected chi connectivity index (χ2v) is 11.4. The van der Waals surface area contributed by atoms with Crippen molar-refractivity contribution in [3.63, 3.8) is 0 Å². The molecule has 0 bridgehead atoms. The van der Waals surface area contributed by atoms with Gasteiger partial charge in [-0.05, 0) is 20.8 Å². The van der Waals surface area contributed by atoms with Crippen LogP contribution in [0.5, 0.6) is 0 Å². The molecule has 124 valence electrons. The molecule has 0 spiro atoms. The number of nitrogens with one attached hydrogen (secondary N) is 1. The Morgan fingerprint density at radius 3 is 1.48 bits per heavy atom. The number of esters is 2. The molecule has 0 aliphatic rings. The van der Waals surface area contributed by atoms with Gasteiger partial charge in [0.05, 0.1) is 5.54 Å². The monoisotopic (exact) mass is 558 g/mol. The molecule has 0 radical (unpaired) electrons. The molecule has 0 atom stereocenters. The van der Waals surface area contributed by atoms with E-state index in [1.165, 1.54) is 4.90 Å². The lowest BCUT2D eigenvalue weighted by Crippen LogP contribution is -3.19. The Morgan fingerprint density at radius 2 is 1.24 bits per heavy atom. The molecule has 5 nitrogen and oxygen atoms in total. The molecule has 0 rings (SSSR count). The first-order chi connectivity index (χ1) is 9.55. The molecule has 9 heteroatoms. The summed E-state index contributed by atoms with van der Waals surface area (Å²) < 4.78 is 9.26. The first kappa shape index (κ1) is 21.8. The van der Waals surface area contributed by atoms with Gasteiger partial charge in [0.25, 0.3) is 0 Å². The highest BCUT2D eigenvalue weighted by molar-refractivity contribution is 9.25. The molecule has 0 aliphatic heterocycles. The second-order valence-electron chi connectivity index (χ2n) is 5.29. The number of halogens is 4. The average Bonchev–Trinajstić information content (AvgIpc) is 2.34. The standard InChI is InChI=1S/C12H19Br4NO4/c1-12(2,3)17(4-6-20-10(18)8(13)14)5-7-21-11(19)9(15)16/h8-9H,4-7H2,1-3H3/p+1. The van der Waals surface area contributed by atoms with Gasteiger partial charge in [-0.15, -0.1) is 0 Å². The number of quaternary nitrogens is 1. The highest BCUT2D eigenvalue weighted by Gasteiger charge is 2.26. The van der Waals surface area contributed by atoms with E-state index < -0.39 is 7.47 Å². The second kappa shape index (κ2) is 10.6. The minimum atomic E-state index is -0.487. The maximum atomic E-state index is 11.3. The van der Waals surface area contributed by atoms with Gasteiger partial charge in [0, 0.05) is 0 Å². The predicted octanol–water partition coefficient (Wildman–Crippen LogP) is 1.99. The van der Waals surface area contributed by atoms with E-state index in [1.54, 1.807) is 0 Å². The molecule has 0 amide bonds. The smallest absolute Gasteiger partial charge is 0.330 e. The van der Waals surface area contributed by atoms with Crippen molar-refractivity contribution in [3.8, 4) is 0 Å². The first-order valence-electron chi connectivity index (χ1n) is 6.30. The fourth-order valence-corrected chi connectivity index (χ4v) is 2.08. The molecule has 21 heavy (non-hydrogen) atoms. The van der Waals surface area contributed by atoms with Gasteiger partial charge in [-0.2, -0.15) is 0 Å². The van der Waals surface area contributed by atoms with E-state index in [0.717, 1.165) is 0 Å². The number of ether oxygens (including phenoxy) is 2. The molecule has 0 aromatic rings. The van der Waals surface area contributed by atoms with Gasteiger partial charge in [-0.1, -0.05) is 63.7 Å². The summed E-state index contributed by atoms with van der Waals surface area (Å²) in [5, 5.41) is 0. The average molecular weight is 562 g/mol. The maximum Gasteiger partial charge on any atom is 0.330 e. The number of rotatable bonds is 8. The normalized spacial score (nSPS) is 12.1. The summed E-state index contributed by atoms with van der Waals surface area (Å²) in [4.78, 5) is 23.9. The van der Waals surface area contributed by atoms with E-state index in [0.29, 0.717) is 26.3 Å². The number of hydrogen-bond acceptors (Lipinski definition) is 4. The summed E-state index contributed by atoms with van der Waals surface area (Å²) in [5.41, 5.74) is -0.0385. The fourth-order valence-electron chi connectivity index (χ4n) is 1.55. The Bertz CT molecular complexity index is 319. The number of hydrogen-bond donors (Lipinski definition) is 1. The summed E-state index contributed by atoms with van der Waals surface area (Å²) in [5.74, 6) is -0.702. The zero-order valence-corrected chi connectivity index (χ0v) is 18.5. The van der Waals surface area contributed by atoms with Gasteiger partial charge in [0.2, 0.25) is 0 Å². The highest BCUT2D eigenvalue weighted by Crippen LogP contribution is 2.09. The molecule has 0 aromatic carbocycles. The molecule has 0 fully saturated rings. The van der Waals surface area contributed by atoms with Crippen LogP contribution in [0.1, 0.15) is 20.8 Å². The van der Waals surface area contributed by atoms with Crippen LogP contribution in [0.3, 0.4) is 0 Å². The van der Waals surface area contributed by atoms with Crippen LogP contribution < -0.4 is 4.90 Å². The van der Waals surface area contributed by atoms with Crippen molar-refractivity contribution in [3.05, 3.63) is 0 Å². The van der Waals surface area contributed by atoms with E-state index >= 15 is 0 Å². The SMILES string of the molecule is CC(C)(C)[NH+](CCOC(=O)C(Br)Br)CCOC(=O)C(Br)Br. The molecule has 0 aromatic heterocycles. The summed E-state index contributed by atoms with van der Waals surface area (Å²) in [7, 11) is 0. The van der Waals surface area contributed by atoms with Crippen LogP contribution in [0.25, 0.3) is 0 Å². The Balaban J connectivity index is 4.23. The van der Waals surface area contributed by atoms with Crippen molar-refractivity contribution in [2.45, 2.75) is 33.8 Å². The largest absolute Gasteiger partial charge is 0.458 e. The lowest BCUT2D eigenvalue weighted by atomic mass is 10.1. The van der Waals surface area contributed by atoms with Gasteiger partial charge in [0.1, 0.15) is 26.3 Å². The molecule has 0 saturated carbocycles. The van der Waals surface area contributed by atoms with Crippen LogP contribution >= 0.6 is 63.7 Å². The van der Waals surface area contributed by atoms with Gasteiger partial charge in [-0.3, -0.25) is 0 Å².